The predicted molar refractivity (Wildman–Crippen MR) is 78.1 cm³/mol. The zero-order valence-corrected chi connectivity index (χ0v) is 12.0. The van der Waals surface area contributed by atoms with Crippen LogP contribution in [0.15, 0.2) is 12.4 Å². The van der Waals surface area contributed by atoms with Crippen LogP contribution in [0.5, 0.6) is 0 Å². The first-order chi connectivity index (χ1) is 8.76. The second-order valence-corrected chi connectivity index (χ2v) is 4.75. The topological polar surface area (TPSA) is 31.6 Å². The van der Waals surface area contributed by atoms with Gasteiger partial charge >= 0.3 is 0 Å². The first-order valence-corrected chi connectivity index (χ1v) is 7.15. The molecule has 0 amide bonds. The number of rotatable bonds is 5. The molecule has 18 heavy (non-hydrogen) atoms. The maximum absolute atomic E-state index is 3.47. The molecule has 2 aromatic heterocycles. The second kappa shape index (κ2) is 5.47. The molecule has 0 fully saturated rings. The highest BCUT2D eigenvalue weighted by atomic mass is 14.8. The van der Waals surface area contributed by atoms with Gasteiger partial charge < -0.3 is 9.97 Å². The van der Waals surface area contributed by atoms with Crippen molar-refractivity contribution >= 4 is 0 Å². The Kier molecular flexibility index (Phi) is 3.95. The lowest BCUT2D eigenvalue weighted by molar-refractivity contribution is 1.04. The molecule has 2 rings (SSSR count). The quantitative estimate of drug-likeness (QED) is 0.787. The Morgan fingerprint density at radius 2 is 1.06 bits per heavy atom. The van der Waals surface area contributed by atoms with Crippen LogP contribution in [0.2, 0.25) is 0 Å². The highest BCUT2D eigenvalue weighted by Crippen LogP contribution is 2.30. The molecule has 2 nitrogen and oxygen atoms in total. The van der Waals surface area contributed by atoms with Crippen molar-refractivity contribution in [2.75, 3.05) is 0 Å². The van der Waals surface area contributed by atoms with Gasteiger partial charge in [0.15, 0.2) is 0 Å². The molecule has 2 N–H and O–H groups in total. The molecule has 98 valence electrons. The summed E-state index contributed by atoms with van der Waals surface area (Å²) >= 11 is 0. The first kappa shape index (κ1) is 13.0. The Hall–Kier alpha value is -1.44. The molecule has 0 atom stereocenters. The van der Waals surface area contributed by atoms with Crippen molar-refractivity contribution in [3.63, 3.8) is 0 Å². The molecule has 0 aromatic carbocycles. The third-order valence-electron chi connectivity index (χ3n) is 3.88. The maximum atomic E-state index is 3.47. The summed E-state index contributed by atoms with van der Waals surface area (Å²) in [5, 5.41) is 0. The summed E-state index contributed by atoms with van der Waals surface area (Å²) in [4.78, 5) is 6.95. The Labute approximate surface area is 110 Å². The highest BCUT2D eigenvalue weighted by Gasteiger charge is 2.16. The Balaban J connectivity index is 2.54. The molecule has 2 aromatic rings. The van der Waals surface area contributed by atoms with E-state index in [2.05, 4.69) is 50.1 Å². The van der Waals surface area contributed by atoms with Gasteiger partial charge in [0.2, 0.25) is 0 Å². The van der Waals surface area contributed by atoms with E-state index in [1.165, 1.54) is 33.6 Å². The summed E-state index contributed by atoms with van der Waals surface area (Å²) in [7, 11) is 0. The van der Waals surface area contributed by atoms with Crippen molar-refractivity contribution in [1.29, 1.82) is 0 Å². The van der Waals surface area contributed by atoms with E-state index in [-0.39, 0.29) is 0 Å². The van der Waals surface area contributed by atoms with Gasteiger partial charge in [-0.2, -0.15) is 0 Å². The molecule has 0 unspecified atom stereocenters. The lowest BCUT2D eigenvalue weighted by Crippen LogP contribution is -1.93. The van der Waals surface area contributed by atoms with Crippen molar-refractivity contribution in [2.24, 2.45) is 0 Å². The lowest BCUT2D eigenvalue weighted by atomic mass is 10.00. The van der Waals surface area contributed by atoms with Gasteiger partial charge in [-0.1, -0.05) is 27.7 Å². The molecule has 0 saturated heterocycles. The van der Waals surface area contributed by atoms with E-state index in [9.17, 15) is 0 Å². The Bertz CT molecular complexity index is 469. The average molecular weight is 244 g/mol. The summed E-state index contributed by atoms with van der Waals surface area (Å²) in [6, 6.07) is 0. The average Bonchev–Trinajstić information content (AvgIpc) is 3.00. The number of aryl methyl sites for hydroxylation is 2. The maximum Gasteiger partial charge on any atom is 0.0657 e. The number of hydrogen-bond donors (Lipinski definition) is 2. The van der Waals surface area contributed by atoms with Crippen molar-refractivity contribution in [3.8, 4) is 11.4 Å². The summed E-state index contributed by atoms with van der Waals surface area (Å²) in [6.07, 6.45) is 8.71. The Morgan fingerprint density at radius 3 is 1.33 bits per heavy atom. The fourth-order valence-electron chi connectivity index (χ4n) is 2.87. The molecule has 0 saturated carbocycles. The van der Waals surface area contributed by atoms with E-state index >= 15 is 0 Å². The van der Waals surface area contributed by atoms with Crippen molar-refractivity contribution in [3.05, 3.63) is 34.6 Å². The fourth-order valence-corrected chi connectivity index (χ4v) is 2.87. The molecule has 0 spiro atoms. The largest absolute Gasteiger partial charge is 0.359 e. The first-order valence-electron chi connectivity index (χ1n) is 7.15. The SMILES string of the molecule is CCc1c[nH]c(-c2[nH]cc(CC)c2CC)c1CC. The third-order valence-corrected chi connectivity index (χ3v) is 3.88. The van der Waals surface area contributed by atoms with Crippen LogP contribution in [0.3, 0.4) is 0 Å². The van der Waals surface area contributed by atoms with Gasteiger partial charge in [-0.25, -0.2) is 0 Å². The number of aromatic nitrogens is 2. The van der Waals surface area contributed by atoms with E-state index in [0.717, 1.165) is 25.7 Å². The molecule has 2 heteroatoms. The van der Waals surface area contributed by atoms with E-state index in [1.807, 2.05) is 0 Å². The van der Waals surface area contributed by atoms with Gasteiger partial charge in [0.1, 0.15) is 0 Å². The smallest absolute Gasteiger partial charge is 0.0657 e. The molecular formula is C16H24N2. The van der Waals surface area contributed by atoms with E-state index in [0.29, 0.717) is 0 Å². The molecule has 0 aliphatic carbocycles. The van der Waals surface area contributed by atoms with Crippen LogP contribution in [0, 0.1) is 0 Å². The minimum atomic E-state index is 1.09. The van der Waals surface area contributed by atoms with Gasteiger partial charge in [0, 0.05) is 12.4 Å². The zero-order valence-electron chi connectivity index (χ0n) is 12.0. The summed E-state index contributed by atoms with van der Waals surface area (Å²) in [5.74, 6) is 0. The van der Waals surface area contributed by atoms with Gasteiger partial charge in [-0.05, 0) is 47.9 Å². The zero-order chi connectivity index (χ0) is 13.1. The van der Waals surface area contributed by atoms with Crippen LogP contribution in [0.4, 0.5) is 0 Å². The Morgan fingerprint density at radius 1 is 0.667 bits per heavy atom. The predicted octanol–water partition coefficient (Wildman–Crippen LogP) is 4.26. The van der Waals surface area contributed by atoms with Gasteiger partial charge in [0.25, 0.3) is 0 Å². The van der Waals surface area contributed by atoms with Gasteiger partial charge in [0.05, 0.1) is 11.4 Å². The molecule has 0 bridgehead atoms. The summed E-state index contributed by atoms with van der Waals surface area (Å²) in [6.45, 7) is 8.92. The van der Waals surface area contributed by atoms with Gasteiger partial charge in [-0.15, -0.1) is 0 Å². The number of hydrogen-bond acceptors (Lipinski definition) is 0. The van der Waals surface area contributed by atoms with Crippen LogP contribution in [0.25, 0.3) is 11.4 Å². The number of aromatic amines is 2. The third kappa shape index (κ3) is 2.00. The fraction of sp³-hybridized carbons (Fsp3) is 0.500. The minimum absolute atomic E-state index is 1.09. The highest BCUT2D eigenvalue weighted by molar-refractivity contribution is 5.67. The molecule has 2 heterocycles. The normalized spacial score (nSPS) is 11.1. The minimum Gasteiger partial charge on any atom is -0.359 e. The second-order valence-electron chi connectivity index (χ2n) is 4.75. The van der Waals surface area contributed by atoms with E-state index < -0.39 is 0 Å². The van der Waals surface area contributed by atoms with Crippen LogP contribution in [0.1, 0.15) is 49.9 Å². The standard InChI is InChI=1S/C16H24N2/c1-5-11-9-17-15(13(11)7-3)16-14(8-4)12(6-2)10-18-16/h9-10,17-18H,5-8H2,1-4H3. The van der Waals surface area contributed by atoms with Crippen LogP contribution in [-0.2, 0) is 25.7 Å². The molecular weight excluding hydrogens is 220 g/mol. The molecule has 0 aliphatic heterocycles. The van der Waals surface area contributed by atoms with Crippen molar-refractivity contribution in [1.82, 2.24) is 9.97 Å². The van der Waals surface area contributed by atoms with E-state index in [1.54, 1.807) is 0 Å². The van der Waals surface area contributed by atoms with Crippen LogP contribution >= 0.6 is 0 Å². The monoisotopic (exact) mass is 244 g/mol. The number of H-pyrrole nitrogens is 2. The van der Waals surface area contributed by atoms with Crippen LogP contribution < -0.4 is 0 Å². The lowest BCUT2D eigenvalue weighted by Gasteiger charge is -2.06. The van der Waals surface area contributed by atoms with Crippen LogP contribution in [-0.4, -0.2) is 9.97 Å². The van der Waals surface area contributed by atoms with Crippen molar-refractivity contribution < 1.29 is 0 Å². The molecule has 0 radical (unpaired) electrons. The summed E-state index contributed by atoms with van der Waals surface area (Å²) in [5.41, 5.74) is 8.43. The number of nitrogens with one attached hydrogen (secondary N) is 2. The van der Waals surface area contributed by atoms with Crippen molar-refractivity contribution in [2.45, 2.75) is 53.4 Å². The van der Waals surface area contributed by atoms with Gasteiger partial charge in [-0.3, -0.25) is 0 Å². The summed E-state index contributed by atoms with van der Waals surface area (Å²) < 4.78 is 0. The van der Waals surface area contributed by atoms with E-state index in [4.69, 9.17) is 0 Å². The molecule has 0 aliphatic rings.